The number of carbonyl (C=O) groups is 1. The van der Waals surface area contributed by atoms with Gasteiger partial charge in [-0.25, -0.2) is 0 Å². The average Bonchev–Trinajstić information content (AvgIpc) is 2.57. The first-order valence-electron chi connectivity index (χ1n) is 4.64. The van der Waals surface area contributed by atoms with Gasteiger partial charge in [-0.3, -0.25) is 4.79 Å². The van der Waals surface area contributed by atoms with E-state index in [1.807, 2.05) is 13.8 Å². The van der Waals surface area contributed by atoms with Crippen molar-refractivity contribution in [3.63, 3.8) is 0 Å². The van der Waals surface area contributed by atoms with E-state index < -0.39 is 0 Å². The molecule has 0 aliphatic carbocycles. The van der Waals surface area contributed by atoms with Crippen molar-refractivity contribution < 1.29 is 14.1 Å². The van der Waals surface area contributed by atoms with Gasteiger partial charge in [-0.05, 0) is 20.3 Å². The molecule has 0 aliphatic rings. The highest BCUT2D eigenvalue weighted by Gasteiger charge is 2.23. The van der Waals surface area contributed by atoms with Crippen LogP contribution < -0.4 is 0 Å². The van der Waals surface area contributed by atoms with Crippen molar-refractivity contribution in [3.8, 4) is 0 Å². The molecule has 1 rings (SSSR count). The highest BCUT2D eigenvalue weighted by molar-refractivity contribution is 5.77. The Balaban J connectivity index is 2.95. The Morgan fingerprint density at radius 3 is 2.71 bits per heavy atom. The zero-order valence-electron chi connectivity index (χ0n) is 8.96. The first-order chi connectivity index (χ1) is 6.61. The number of methoxy groups -OCH3 is 1. The molecule has 0 bridgehead atoms. The molecule has 1 heterocycles. The van der Waals surface area contributed by atoms with Crippen LogP contribution in [0.2, 0.25) is 0 Å². The molecule has 0 aromatic carbocycles. The third kappa shape index (κ3) is 1.78. The van der Waals surface area contributed by atoms with Gasteiger partial charge in [0, 0.05) is 5.56 Å². The Labute approximate surface area is 83.2 Å². The zero-order chi connectivity index (χ0) is 10.7. The standard InChI is InChI=1S/C10H15NO3/c1-5-8-6(2)9(14-11-8)7(3)10(12)13-4/h7H,5H2,1-4H3. The van der Waals surface area contributed by atoms with E-state index >= 15 is 0 Å². The van der Waals surface area contributed by atoms with Crippen molar-refractivity contribution in [1.29, 1.82) is 0 Å². The number of hydrogen-bond acceptors (Lipinski definition) is 4. The summed E-state index contributed by atoms with van der Waals surface area (Å²) in [6, 6.07) is 0. The normalized spacial score (nSPS) is 12.6. The molecule has 0 radical (unpaired) electrons. The number of aromatic nitrogens is 1. The number of ether oxygens (including phenoxy) is 1. The topological polar surface area (TPSA) is 52.3 Å². The van der Waals surface area contributed by atoms with Crippen molar-refractivity contribution in [2.24, 2.45) is 0 Å². The summed E-state index contributed by atoms with van der Waals surface area (Å²) >= 11 is 0. The van der Waals surface area contributed by atoms with E-state index in [1.165, 1.54) is 7.11 Å². The van der Waals surface area contributed by atoms with Crippen LogP contribution in [0.25, 0.3) is 0 Å². The number of aryl methyl sites for hydroxylation is 1. The highest BCUT2D eigenvalue weighted by Crippen LogP contribution is 2.23. The fraction of sp³-hybridized carbons (Fsp3) is 0.600. The van der Waals surface area contributed by atoms with Crippen LogP contribution in [0.15, 0.2) is 4.52 Å². The Kier molecular flexibility index (Phi) is 3.28. The first-order valence-corrected chi connectivity index (χ1v) is 4.64. The average molecular weight is 197 g/mol. The highest BCUT2D eigenvalue weighted by atomic mass is 16.5. The third-order valence-electron chi connectivity index (χ3n) is 2.34. The molecule has 0 saturated carbocycles. The van der Waals surface area contributed by atoms with Gasteiger partial charge in [-0.1, -0.05) is 12.1 Å². The van der Waals surface area contributed by atoms with Gasteiger partial charge in [-0.2, -0.15) is 0 Å². The summed E-state index contributed by atoms with van der Waals surface area (Å²) in [5.41, 5.74) is 1.85. The molecular formula is C10H15NO3. The third-order valence-corrected chi connectivity index (χ3v) is 2.34. The molecule has 1 aromatic rings. The van der Waals surface area contributed by atoms with Crippen molar-refractivity contribution in [2.75, 3.05) is 7.11 Å². The number of rotatable bonds is 3. The Bertz CT molecular complexity index is 330. The lowest BCUT2D eigenvalue weighted by atomic mass is 10.0. The van der Waals surface area contributed by atoms with E-state index in [0.717, 1.165) is 17.7 Å². The van der Waals surface area contributed by atoms with E-state index in [4.69, 9.17) is 4.52 Å². The fourth-order valence-corrected chi connectivity index (χ4v) is 1.40. The minimum atomic E-state index is -0.382. The molecule has 0 saturated heterocycles. The van der Waals surface area contributed by atoms with Crippen LogP contribution >= 0.6 is 0 Å². The number of carbonyl (C=O) groups excluding carboxylic acids is 1. The maximum atomic E-state index is 11.3. The molecular weight excluding hydrogens is 182 g/mol. The van der Waals surface area contributed by atoms with Crippen molar-refractivity contribution in [1.82, 2.24) is 5.16 Å². The van der Waals surface area contributed by atoms with Gasteiger partial charge in [0.25, 0.3) is 0 Å². The maximum absolute atomic E-state index is 11.3. The Morgan fingerprint density at radius 1 is 1.64 bits per heavy atom. The monoisotopic (exact) mass is 197 g/mol. The van der Waals surface area contributed by atoms with Gasteiger partial charge in [0.15, 0.2) is 5.76 Å². The number of nitrogens with zero attached hydrogens (tertiary/aromatic N) is 1. The molecule has 0 aliphatic heterocycles. The van der Waals surface area contributed by atoms with Gasteiger partial charge < -0.3 is 9.26 Å². The van der Waals surface area contributed by atoms with Crippen LogP contribution in [0.3, 0.4) is 0 Å². The summed E-state index contributed by atoms with van der Waals surface area (Å²) in [5.74, 6) is -0.0756. The second-order valence-corrected chi connectivity index (χ2v) is 3.22. The summed E-state index contributed by atoms with van der Waals surface area (Å²) in [5, 5.41) is 3.89. The molecule has 0 amide bonds. The second-order valence-electron chi connectivity index (χ2n) is 3.22. The van der Waals surface area contributed by atoms with Crippen LogP contribution in [0.4, 0.5) is 0 Å². The van der Waals surface area contributed by atoms with Gasteiger partial charge in [-0.15, -0.1) is 0 Å². The summed E-state index contributed by atoms with van der Waals surface area (Å²) < 4.78 is 9.76. The van der Waals surface area contributed by atoms with E-state index in [1.54, 1.807) is 6.92 Å². The van der Waals surface area contributed by atoms with E-state index in [0.29, 0.717) is 5.76 Å². The lowest BCUT2D eigenvalue weighted by Crippen LogP contribution is -2.11. The van der Waals surface area contributed by atoms with E-state index in [2.05, 4.69) is 9.89 Å². The van der Waals surface area contributed by atoms with Crippen molar-refractivity contribution in [2.45, 2.75) is 33.1 Å². The predicted molar refractivity (Wildman–Crippen MR) is 51.0 cm³/mol. The summed E-state index contributed by atoms with van der Waals surface area (Å²) in [6.07, 6.45) is 0.809. The van der Waals surface area contributed by atoms with E-state index in [-0.39, 0.29) is 11.9 Å². The first kappa shape index (κ1) is 10.8. The van der Waals surface area contributed by atoms with E-state index in [9.17, 15) is 4.79 Å². The molecule has 0 spiro atoms. The molecule has 14 heavy (non-hydrogen) atoms. The molecule has 0 N–H and O–H groups in total. The fourth-order valence-electron chi connectivity index (χ4n) is 1.40. The largest absolute Gasteiger partial charge is 0.468 e. The van der Waals surface area contributed by atoms with Crippen molar-refractivity contribution >= 4 is 5.97 Å². The van der Waals surface area contributed by atoms with Gasteiger partial charge in [0.2, 0.25) is 0 Å². The molecule has 1 unspecified atom stereocenters. The Hall–Kier alpha value is -1.32. The summed E-state index contributed by atoms with van der Waals surface area (Å²) in [6.45, 7) is 5.65. The molecule has 0 fully saturated rings. The van der Waals surface area contributed by atoms with Gasteiger partial charge in [0.05, 0.1) is 12.8 Å². The minimum Gasteiger partial charge on any atom is -0.468 e. The van der Waals surface area contributed by atoms with Crippen LogP contribution in [-0.2, 0) is 16.0 Å². The zero-order valence-corrected chi connectivity index (χ0v) is 8.96. The molecule has 4 heteroatoms. The van der Waals surface area contributed by atoms with Crippen LogP contribution in [-0.4, -0.2) is 18.2 Å². The minimum absolute atomic E-state index is 0.299. The molecule has 4 nitrogen and oxygen atoms in total. The maximum Gasteiger partial charge on any atom is 0.316 e. The summed E-state index contributed by atoms with van der Waals surface area (Å²) in [4.78, 5) is 11.3. The lowest BCUT2D eigenvalue weighted by Gasteiger charge is -2.05. The van der Waals surface area contributed by atoms with Crippen LogP contribution in [0, 0.1) is 6.92 Å². The van der Waals surface area contributed by atoms with Gasteiger partial charge in [0.1, 0.15) is 5.92 Å². The van der Waals surface area contributed by atoms with Crippen molar-refractivity contribution in [3.05, 3.63) is 17.0 Å². The Morgan fingerprint density at radius 2 is 2.29 bits per heavy atom. The molecule has 78 valence electrons. The quantitative estimate of drug-likeness (QED) is 0.693. The SMILES string of the molecule is CCc1noc(C(C)C(=O)OC)c1C. The molecule has 1 atom stereocenters. The van der Waals surface area contributed by atoms with Crippen LogP contribution in [0.1, 0.15) is 36.8 Å². The smallest absolute Gasteiger partial charge is 0.316 e. The predicted octanol–water partition coefficient (Wildman–Crippen LogP) is 1.82. The second kappa shape index (κ2) is 4.26. The lowest BCUT2D eigenvalue weighted by molar-refractivity contribution is -0.142. The molecule has 1 aromatic heterocycles. The van der Waals surface area contributed by atoms with Gasteiger partial charge >= 0.3 is 5.97 Å². The van der Waals surface area contributed by atoms with Crippen LogP contribution in [0.5, 0.6) is 0 Å². The summed E-state index contributed by atoms with van der Waals surface area (Å²) in [7, 11) is 1.37. The number of esters is 1. The number of hydrogen-bond donors (Lipinski definition) is 0.